The zero-order valence-corrected chi connectivity index (χ0v) is 11.9. The average molecular weight is 304 g/mol. The van der Waals surface area contributed by atoms with Gasteiger partial charge in [-0.2, -0.15) is 0 Å². The molecule has 22 heavy (non-hydrogen) atoms. The summed E-state index contributed by atoms with van der Waals surface area (Å²) < 4.78 is 0. The van der Waals surface area contributed by atoms with Crippen molar-refractivity contribution in [3.8, 4) is 0 Å². The van der Waals surface area contributed by atoms with Crippen LogP contribution in [0.4, 0.5) is 5.69 Å². The number of carbonyl (C=O) groups excluding carboxylic acids is 1. The Labute approximate surface area is 126 Å². The normalized spacial score (nSPS) is 23.4. The van der Waals surface area contributed by atoms with Gasteiger partial charge in [-0.05, 0) is 30.7 Å². The number of likely N-dealkylation sites (tertiary alicyclic amines) is 1. The highest BCUT2D eigenvalue weighted by atomic mass is 16.6. The number of carboxylic acid groups (broad SMARTS) is 1. The lowest BCUT2D eigenvalue weighted by atomic mass is 10.0. The Balaban J connectivity index is 1.88. The molecule has 116 valence electrons. The number of hydrogen-bond acceptors (Lipinski definition) is 4. The van der Waals surface area contributed by atoms with Crippen LogP contribution < -0.4 is 0 Å². The van der Waals surface area contributed by atoms with Crippen LogP contribution in [0.3, 0.4) is 0 Å². The molecule has 0 radical (unpaired) electrons. The van der Waals surface area contributed by atoms with Gasteiger partial charge in [-0.3, -0.25) is 14.9 Å². The van der Waals surface area contributed by atoms with Crippen molar-refractivity contribution in [1.82, 2.24) is 4.90 Å². The molecule has 1 N–H and O–H groups in total. The predicted octanol–water partition coefficient (Wildman–Crippen LogP) is 2.17. The molecule has 1 saturated heterocycles. The van der Waals surface area contributed by atoms with E-state index in [-0.39, 0.29) is 22.7 Å². The van der Waals surface area contributed by atoms with E-state index in [1.54, 1.807) is 4.90 Å². The first-order chi connectivity index (χ1) is 10.5. The van der Waals surface area contributed by atoms with E-state index >= 15 is 0 Å². The highest BCUT2D eigenvalue weighted by Gasteiger charge is 2.38. The second-order valence-corrected chi connectivity index (χ2v) is 5.99. The first kappa shape index (κ1) is 14.5. The minimum absolute atomic E-state index is 0.0755. The van der Waals surface area contributed by atoms with Crippen LogP contribution in [-0.2, 0) is 0 Å². The zero-order chi connectivity index (χ0) is 15.9. The zero-order valence-electron chi connectivity index (χ0n) is 11.9. The average Bonchev–Trinajstić information content (AvgIpc) is 3.07. The summed E-state index contributed by atoms with van der Waals surface area (Å²) >= 11 is 0. The van der Waals surface area contributed by atoms with Crippen molar-refractivity contribution >= 4 is 17.6 Å². The van der Waals surface area contributed by atoms with Crippen LogP contribution in [0.5, 0.6) is 0 Å². The smallest absolute Gasteiger partial charge is 0.335 e. The van der Waals surface area contributed by atoms with Crippen molar-refractivity contribution in [3.05, 3.63) is 39.4 Å². The van der Waals surface area contributed by atoms with E-state index < -0.39 is 10.9 Å². The van der Waals surface area contributed by atoms with Gasteiger partial charge in [0, 0.05) is 30.8 Å². The van der Waals surface area contributed by atoms with E-state index in [0.717, 1.165) is 25.0 Å². The van der Waals surface area contributed by atoms with Crippen molar-refractivity contribution in [1.29, 1.82) is 0 Å². The van der Waals surface area contributed by atoms with Crippen molar-refractivity contribution in [3.63, 3.8) is 0 Å². The number of fused-ring (bicyclic) bond motifs is 1. The van der Waals surface area contributed by atoms with Gasteiger partial charge in [0.15, 0.2) is 0 Å². The molecule has 0 bridgehead atoms. The number of aromatic carboxylic acids is 1. The van der Waals surface area contributed by atoms with Gasteiger partial charge in [0.1, 0.15) is 0 Å². The maximum absolute atomic E-state index is 12.5. The molecule has 3 rings (SSSR count). The van der Waals surface area contributed by atoms with Gasteiger partial charge in [-0.25, -0.2) is 4.79 Å². The lowest BCUT2D eigenvalue weighted by Gasteiger charge is -2.17. The monoisotopic (exact) mass is 304 g/mol. The first-order valence-corrected chi connectivity index (χ1v) is 7.28. The summed E-state index contributed by atoms with van der Waals surface area (Å²) in [6.45, 7) is 1.32. The summed E-state index contributed by atoms with van der Waals surface area (Å²) in [5, 5.41) is 20.0. The number of amides is 1. The van der Waals surface area contributed by atoms with Gasteiger partial charge >= 0.3 is 5.97 Å². The molecule has 2 aliphatic rings. The molecule has 7 heteroatoms. The van der Waals surface area contributed by atoms with E-state index in [1.807, 2.05) is 0 Å². The van der Waals surface area contributed by atoms with Crippen molar-refractivity contribution in [2.45, 2.75) is 19.3 Å². The second-order valence-electron chi connectivity index (χ2n) is 5.99. The molecule has 1 amide bonds. The summed E-state index contributed by atoms with van der Waals surface area (Å²) in [5.41, 5.74) is -0.536. The molecule has 1 aromatic rings. The minimum Gasteiger partial charge on any atom is -0.478 e. The molecule has 1 aliphatic heterocycles. The fraction of sp³-hybridized carbons (Fsp3) is 0.467. The molecular formula is C15H16N2O5. The van der Waals surface area contributed by atoms with Gasteiger partial charge in [0.2, 0.25) is 0 Å². The molecule has 1 saturated carbocycles. The number of non-ortho nitro benzene ring substituents is 1. The SMILES string of the molecule is O=C(O)c1cc(C(=O)N2CC3CCCC3C2)cc([N+](=O)[O-])c1. The van der Waals surface area contributed by atoms with Crippen LogP contribution in [0.2, 0.25) is 0 Å². The Morgan fingerprint density at radius 3 is 2.27 bits per heavy atom. The van der Waals surface area contributed by atoms with Crippen LogP contribution >= 0.6 is 0 Å². The van der Waals surface area contributed by atoms with Gasteiger partial charge in [0.25, 0.3) is 11.6 Å². The summed E-state index contributed by atoms with van der Waals surface area (Å²) in [7, 11) is 0. The van der Waals surface area contributed by atoms with Crippen molar-refractivity contribution < 1.29 is 19.6 Å². The third-order valence-electron chi connectivity index (χ3n) is 4.64. The Hall–Kier alpha value is -2.44. The van der Waals surface area contributed by atoms with Gasteiger partial charge in [-0.15, -0.1) is 0 Å². The lowest BCUT2D eigenvalue weighted by molar-refractivity contribution is -0.384. The van der Waals surface area contributed by atoms with Crippen LogP contribution in [0.25, 0.3) is 0 Å². The molecular weight excluding hydrogens is 288 g/mol. The fourth-order valence-electron chi connectivity index (χ4n) is 3.55. The summed E-state index contributed by atoms with van der Waals surface area (Å²) in [6, 6.07) is 3.34. The minimum atomic E-state index is -1.28. The molecule has 1 heterocycles. The summed E-state index contributed by atoms with van der Waals surface area (Å²) in [5.74, 6) is -0.570. The van der Waals surface area contributed by atoms with Crippen molar-refractivity contribution in [2.24, 2.45) is 11.8 Å². The molecule has 1 aromatic carbocycles. The highest BCUT2D eigenvalue weighted by Crippen LogP contribution is 2.38. The highest BCUT2D eigenvalue weighted by molar-refractivity contribution is 5.98. The van der Waals surface area contributed by atoms with Crippen LogP contribution in [0.1, 0.15) is 40.0 Å². The van der Waals surface area contributed by atoms with Crippen LogP contribution in [-0.4, -0.2) is 39.9 Å². The van der Waals surface area contributed by atoms with Gasteiger partial charge in [-0.1, -0.05) is 6.42 Å². The first-order valence-electron chi connectivity index (χ1n) is 7.28. The molecule has 0 spiro atoms. The molecule has 2 unspecified atom stereocenters. The van der Waals surface area contributed by atoms with E-state index in [9.17, 15) is 19.7 Å². The Morgan fingerprint density at radius 1 is 1.14 bits per heavy atom. The van der Waals surface area contributed by atoms with Crippen molar-refractivity contribution in [2.75, 3.05) is 13.1 Å². The Bertz CT molecular complexity index is 613. The maximum Gasteiger partial charge on any atom is 0.335 e. The van der Waals surface area contributed by atoms with Gasteiger partial charge in [0.05, 0.1) is 10.5 Å². The molecule has 1 aliphatic carbocycles. The number of carbonyl (C=O) groups is 2. The largest absolute Gasteiger partial charge is 0.478 e. The predicted molar refractivity (Wildman–Crippen MR) is 76.8 cm³/mol. The number of benzene rings is 1. The third-order valence-corrected chi connectivity index (χ3v) is 4.64. The van der Waals surface area contributed by atoms with E-state index in [0.29, 0.717) is 24.9 Å². The van der Waals surface area contributed by atoms with E-state index in [2.05, 4.69) is 0 Å². The van der Waals surface area contributed by atoms with Crippen LogP contribution in [0.15, 0.2) is 18.2 Å². The third kappa shape index (κ3) is 2.54. The lowest BCUT2D eigenvalue weighted by Crippen LogP contribution is -2.29. The second kappa shape index (κ2) is 5.40. The number of carboxylic acids is 1. The molecule has 2 atom stereocenters. The number of hydrogen-bond donors (Lipinski definition) is 1. The molecule has 2 fully saturated rings. The molecule has 0 aromatic heterocycles. The topological polar surface area (TPSA) is 101 Å². The maximum atomic E-state index is 12.5. The fourth-order valence-corrected chi connectivity index (χ4v) is 3.55. The Kier molecular flexibility index (Phi) is 3.56. The number of rotatable bonds is 3. The number of nitro benzene ring substituents is 1. The van der Waals surface area contributed by atoms with Gasteiger partial charge < -0.3 is 10.0 Å². The van der Waals surface area contributed by atoms with E-state index in [4.69, 9.17) is 5.11 Å². The van der Waals surface area contributed by atoms with Crippen LogP contribution in [0, 0.1) is 22.0 Å². The molecule has 7 nitrogen and oxygen atoms in total. The quantitative estimate of drug-likeness (QED) is 0.681. The Morgan fingerprint density at radius 2 is 1.73 bits per heavy atom. The number of nitrogens with zero attached hydrogens (tertiary/aromatic N) is 2. The number of nitro groups is 1. The summed E-state index contributed by atoms with van der Waals surface area (Å²) in [4.78, 5) is 35.6. The standard InChI is InChI=1S/C15H16N2O5/c18-14(16-7-9-2-1-3-10(9)8-16)11-4-12(15(19)20)6-13(5-11)17(21)22/h4-6,9-10H,1-3,7-8H2,(H,19,20). The summed E-state index contributed by atoms with van der Waals surface area (Å²) in [6.07, 6.45) is 3.42. The van der Waals surface area contributed by atoms with E-state index in [1.165, 1.54) is 12.5 Å².